The Kier molecular flexibility index (Phi) is 6.41. The molecule has 0 aliphatic heterocycles. The average molecular weight is 315 g/mol. The predicted octanol–water partition coefficient (Wildman–Crippen LogP) is 2.88. The lowest BCUT2D eigenvalue weighted by atomic mass is 10.1. The van der Waals surface area contributed by atoms with E-state index in [0.717, 1.165) is 11.3 Å². The molecule has 23 heavy (non-hydrogen) atoms. The number of nitrogens with zero attached hydrogens (tertiary/aromatic N) is 1. The molecule has 2 N–H and O–H groups in total. The van der Waals surface area contributed by atoms with Gasteiger partial charge >= 0.3 is 0 Å². The summed E-state index contributed by atoms with van der Waals surface area (Å²) in [7, 11) is 1.71. The van der Waals surface area contributed by atoms with Crippen molar-refractivity contribution in [3.8, 4) is 5.75 Å². The fraction of sp³-hybridized carbons (Fsp3) is 0.278. The molecule has 0 fully saturated rings. The van der Waals surface area contributed by atoms with Crippen LogP contribution in [0, 0.1) is 12.7 Å². The van der Waals surface area contributed by atoms with E-state index in [2.05, 4.69) is 15.6 Å². The van der Waals surface area contributed by atoms with E-state index >= 15 is 0 Å². The topological polar surface area (TPSA) is 45.7 Å². The van der Waals surface area contributed by atoms with Gasteiger partial charge in [0.2, 0.25) is 0 Å². The summed E-state index contributed by atoms with van der Waals surface area (Å²) < 4.78 is 18.8. The zero-order valence-electron chi connectivity index (χ0n) is 13.5. The van der Waals surface area contributed by atoms with E-state index in [1.807, 2.05) is 36.4 Å². The van der Waals surface area contributed by atoms with Gasteiger partial charge < -0.3 is 15.4 Å². The van der Waals surface area contributed by atoms with Gasteiger partial charge in [-0.2, -0.15) is 0 Å². The van der Waals surface area contributed by atoms with Crippen molar-refractivity contribution >= 4 is 5.96 Å². The van der Waals surface area contributed by atoms with Crippen LogP contribution in [0.25, 0.3) is 0 Å². The van der Waals surface area contributed by atoms with Gasteiger partial charge in [0.15, 0.2) is 5.96 Å². The molecule has 5 heteroatoms. The maximum atomic E-state index is 13.2. The number of aliphatic imine (C=N–C) groups is 1. The van der Waals surface area contributed by atoms with Crippen LogP contribution >= 0.6 is 0 Å². The molecule has 0 bridgehead atoms. The van der Waals surface area contributed by atoms with Crippen molar-refractivity contribution in [1.29, 1.82) is 0 Å². The Labute approximate surface area is 136 Å². The van der Waals surface area contributed by atoms with Crippen molar-refractivity contribution < 1.29 is 9.13 Å². The largest absolute Gasteiger partial charge is 0.492 e. The summed E-state index contributed by atoms with van der Waals surface area (Å²) in [6.45, 7) is 3.52. The third-order valence-corrected chi connectivity index (χ3v) is 3.31. The number of aryl methyl sites for hydroxylation is 1. The normalized spacial score (nSPS) is 11.2. The van der Waals surface area contributed by atoms with E-state index in [1.54, 1.807) is 20.0 Å². The summed E-state index contributed by atoms with van der Waals surface area (Å²) in [6, 6.07) is 14.7. The van der Waals surface area contributed by atoms with Crippen LogP contribution in [0.2, 0.25) is 0 Å². The first kappa shape index (κ1) is 16.8. The molecule has 0 atom stereocenters. The van der Waals surface area contributed by atoms with Gasteiger partial charge in [0.05, 0.1) is 6.54 Å². The molecular formula is C18H22FN3O. The summed E-state index contributed by atoms with van der Waals surface area (Å²) in [6.07, 6.45) is 0. The summed E-state index contributed by atoms with van der Waals surface area (Å²) in [5.41, 5.74) is 1.65. The highest BCUT2D eigenvalue weighted by Crippen LogP contribution is 2.09. The molecule has 2 rings (SSSR count). The minimum absolute atomic E-state index is 0.186. The molecule has 0 saturated heterocycles. The lowest BCUT2D eigenvalue weighted by Gasteiger charge is -2.13. The molecule has 0 amide bonds. The first-order valence-corrected chi connectivity index (χ1v) is 7.56. The zero-order valence-corrected chi connectivity index (χ0v) is 13.5. The van der Waals surface area contributed by atoms with Gasteiger partial charge in [-0.25, -0.2) is 4.39 Å². The molecule has 0 saturated carbocycles. The van der Waals surface area contributed by atoms with Crippen molar-refractivity contribution in [2.24, 2.45) is 4.99 Å². The Morgan fingerprint density at radius 3 is 2.61 bits per heavy atom. The summed E-state index contributed by atoms with van der Waals surface area (Å²) in [4.78, 5) is 4.15. The Hall–Kier alpha value is -2.56. The molecule has 4 nitrogen and oxygen atoms in total. The standard InChI is InChI=1S/C18H22FN3O/c1-14-12-15(8-9-17(14)19)13-22-18(20-2)21-10-11-23-16-6-4-3-5-7-16/h3-9,12H,10-11,13H2,1-2H3,(H2,20,21,22). The van der Waals surface area contributed by atoms with Crippen LogP contribution in [0.4, 0.5) is 4.39 Å². The predicted molar refractivity (Wildman–Crippen MR) is 91.3 cm³/mol. The van der Waals surface area contributed by atoms with Gasteiger partial charge in [0, 0.05) is 13.6 Å². The first-order chi connectivity index (χ1) is 11.2. The van der Waals surface area contributed by atoms with E-state index in [9.17, 15) is 4.39 Å². The number of rotatable bonds is 6. The monoisotopic (exact) mass is 315 g/mol. The number of benzene rings is 2. The second kappa shape index (κ2) is 8.78. The molecular weight excluding hydrogens is 293 g/mol. The van der Waals surface area contributed by atoms with E-state index in [1.165, 1.54) is 6.07 Å². The Morgan fingerprint density at radius 2 is 1.91 bits per heavy atom. The lowest BCUT2D eigenvalue weighted by Crippen LogP contribution is -2.38. The maximum Gasteiger partial charge on any atom is 0.191 e. The minimum Gasteiger partial charge on any atom is -0.492 e. The van der Waals surface area contributed by atoms with Crippen LogP contribution in [0.15, 0.2) is 53.5 Å². The van der Waals surface area contributed by atoms with Crippen LogP contribution in [-0.4, -0.2) is 26.2 Å². The lowest BCUT2D eigenvalue weighted by molar-refractivity contribution is 0.322. The van der Waals surface area contributed by atoms with Crippen LogP contribution in [0.5, 0.6) is 5.75 Å². The third kappa shape index (κ3) is 5.62. The van der Waals surface area contributed by atoms with Crippen LogP contribution in [0.1, 0.15) is 11.1 Å². The molecule has 2 aromatic carbocycles. The highest BCUT2D eigenvalue weighted by atomic mass is 19.1. The Morgan fingerprint density at radius 1 is 1.13 bits per heavy atom. The summed E-state index contributed by atoms with van der Waals surface area (Å²) in [5, 5.41) is 6.37. The minimum atomic E-state index is -0.186. The van der Waals surface area contributed by atoms with Crippen molar-refractivity contribution in [3.63, 3.8) is 0 Å². The Bertz CT molecular complexity index is 644. The van der Waals surface area contributed by atoms with E-state index in [4.69, 9.17) is 4.74 Å². The van der Waals surface area contributed by atoms with Gasteiger partial charge in [-0.1, -0.05) is 30.3 Å². The number of ether oxygens (including phenoxy) is 1. The van der Waals surface area contributed by atoms with Gasteiger partial charge in [-0.15, -0.1) is 0 Å². The van der Waals surface area contributed by atoms with E-state index in [0.29, 0.717) is 31.2 Å². The maximum absolute atomic E-state index is 13.2. The van der Waals surface area contributed by atoms with Crippen molar-refractivity contribution in [2.75, 3.05) is 20.2 Å². The molecule has 0 aromatic heterocycles. The number of guanidine groups is 1. The SMILES string of the molecule is CN=C(NCCOc1ccccc1)NCc1ccc(F)c(C)c1. The summed E-state index contributed by atoms with van der Waals surface area (Å²) >= 11 is 0. The molecule has 0 aliphatic rings. The molecule has 0 unspecified atom stereocenters. The molecule has 0 radical (unpaired) electrons. The molecule has 0 heterocycles. The Balaban J connectivity index is 1.72. The van der Waals surface area contributed by atoms with Gasteiger partial charge in [0.25, 0.3) is 0 Å². The van der Waals surface area contributed by atoms with Gasteiger partial charge in [-0.3, -0.25) is 4.99 Å². The molecule has 122 valence electrons. The third-order valence-electron chi connectivity index (χ3n) is 3.31. The fourth-order valence-corrected chi connectivity index (χ4v) is 2.08. The van der Waals surface area contributed by atoms with Gasteiger partial charge in [0.1, 0.15) is 18.2 Å². The van der Waals surface area contributed by atoms with Crippen molar-refractivity contribution in [1.82, 2.24) is 10.6 Å². The highest BCUT2D eigenvalue weighted by molar-refractivity contribution is 5.79. The smallest absolute Gasteiger partial charge is 0.191 e. The number of hydrogen-bond acceptors (Lipinski definition) is 2. The van der Waals surface area contributed by atoms with Crippen LogP contribution < -0.4 is 15.4 Å². The van der Waals surface area contributed by atoms with E-state index in [-0.39, 0.29) is 5.82 Å². The number of halogens is 1. The second-order valence-corrected chi connectivity index (χ2v) is 5.10. The zero-order chi connectivity index (χ0) is 16.5. The highest BCUT2D eigenvalue weighted by Gasteiger charge is 2.01. The van der Waals surface area contributed by atoms with E-state index < -0.39 is 0 Å². The van der Waals surface area contributed by atoms with Crippen LogP contribution in [0.3, 0.4) is 0 Å². The summed E-state index contributed by atoms with van der Waals surface area (Å²) in [5.74, 6) is 1.34. The average Bonchev–Trinajstić information content (AvgIpc) is 2.58. The second-order valence-electron chi connectivity index (χ2n) is 5.10. The van der Waals surface area contributed by atoms with Crippen molar-refractivity contribution in [3.05, 3.63) is 65.5 Å². The molecule has 2 aromatic rings. The fourth-order valence-electron chi connectivity index (χ4n) is 2.08. The van der Waals surface area contributed by atoms with Gasteiger partial charge in [-0.05, 0) is 36.2 Å². The van der Waals surface area contributed by atoms with Crippen LogP contribution in [-0.2, 0) is 6.54 Å². The van der Waals surface area contributed by atoms with Crippen molar-refractivity contribution in [2.45, 2.75) is 13.5 Å². The molecule has 0 aliphatic carbocycles. The number of hydrogen-bond donors (Lipinski definition) is 2. The number of para-hydroxylation sites is 1. The quantitative estimate of drug-likeness (QED) is 0.489. The molecule has 0 spiro atoms. The first-order valence-electron chi connectivity index (χ1n) is 7.56. The number of nitrogens with one attached hydrogen (secondary N) is 2.